The molecular formula is C25H29N3O3. The highest BCUT2D eigenvalue weighted by Gasteiger charge is 2.14. The van der Waals surface area contributed by atoms with Crippen LogP contribution in [0.4, 0.5) is 0 Å². The molecule has 0 aliphatic rings. The van der Waals surface area contributed by atoms with Gasteiger partial charge in [0.2, 0.25) is 5.91 Å². The smallest absolute Gasteiger partial charge is 0.251 e. The van der Waals surface area contributed by atoms with Crippen LogP contribution in [0.25, 0.3) is 0 Å². The van der Waals surface area contributed by atoms with Crippen LogP contribution in [0.5, 0.6) is 0 Å². The van der Waals surface area contributed by atoms with Gasteiger partial charge in [0.05, 0.1) is 19.4 Å². The molecule has 0 atom stereocenters. The highest BCUT2D eigenvalue weighted by molar-refractivity contribution is 5.93. The topological polar surface area (TPSA) is 74.6 Å². The molecule has 162 valence electrons. The molecular weight excluding hydrogens is 390 g/mol. The average Bonchev–Trinajstić information content (AvgIpc) is 3.30. The quantitative estimate of drug-likeness (QED) is 0.467. The Morgan fingerprint density at radius 2 is 1.68 bits per heavy atom. The summed E-state index contributed by atoms with van der Waals surface area (Å²) in [5.74, 6) is 0.675. The molecule has 1 aromatic heterocycles. The lowest BCUT2D eigenvalue weighted by Crippen LogP contribution is -2.37. The fourth-order valence-corrected chi connectivity index (χ4v) is 3.38. The summed E-state index contributed by atoms with van der Waals surface area (Å²) in [4.78, 5) is 26.3. The molecule has 6 heteroatoms. The number of furan rings is 1. The lowest BCUT2D eigenvalue weighted by Gasteiger charge is -2.21. The van der Waals surface area contributed by atoms with Crippen molar-refractivity contribution in [3.8, 4) is 0 Å². The third-order valence-corrected chi connectivity index (χ3v) is 4.98. The van der Waals surface area contributed by atoms with E-state index in [-0.39, 0.29) is 18.4 Å². The molecule has 3 rings (SSSR count). The van der Waals surface area contributed by atoms with E-state index in [1.807, 2.05) is 47.4 Å². The second kappa shape index (κ2) is 11.7. The number of aryl methyl sites for hydroxylation is 1. The van der Waals surface area contributed by atoms with Crippen molar-refractivity contribution in [1.82, 2.24) is 15.5 Å². The van der Waals surface area contributed by atoms with Crippen LogP contribution < -0.4 is 10.6 Å². The Morgan fingerprint density at radius 1 is 0.903 bits per heavy atom. The number of hydrogen-bond donors (Lipinski definition) is 2. The van der Waals surface area contributed by atoms with Crippen molar-refractivity contribution in [3.63, 3.8) is 0 Å². The van der Waals surface area contributed by atoms with Gasteiger partial charge in [0.1, 0.15) is 5.76 Å². The predicted molar refractivity (Wildman–Crippen MR) is 120 cm³/mol. The molecule has 2 amide bonds. The standard InChI is InChI=1S/C25H29N3O3/c1-26-25(30)22-13-11-21(12-14-22)17-28(18-23-10-6-16-31-23)19-24(29)27-15-5-9-20-7-3-2-4-8-20/h2-4,6-8,10-14,16H,5,9,15,17-19H2,1H3,(H,26,30)(H,27,29). The maximum Gasteiger partial charge on any atom is 0.251 e. The zero-order valence-corrected chi connectivity index (χ0v) is 17.8. The summed E-state index contributed by atoms with van der Waals surface area (Å²) in [7, 11) is 1.61. The molecule has 0 unspecified atom stereocenters. The molecule has 6 nitrogen and oxygen atoms in total. The van der Waals surface area contributed by atoms with Crippen LogP contribution in [0.3, 0.4) is 0 Å². The van der Waals surface area contributed by atoms with Gasteiger partial charge in [-0.3, -0.25) is 14.5 Å². The Hall–Kier alpha value is -3.38. The van der Waals surface area contributed by atoms with Crippen LogP contribution in [0, 0.1) is 0 Å². The van der Waals surface area contributed by atoms with E-state index in [0.717, 1.165) is 24.2 Å². The Labute approximate surface area is 183 Å². The van der Waals surface area contributed by atoms with E-state index < -0.39 is 0 Å². The van der Waals surface area contributed by atoms with Crippen molar-refractivity contribution in [2.24, 2.45) is 0 Å². The number of rotatable bonds is 11. The van der Waals surface area contributed by atoms with E-state index in [1.165, 1.54) is 5.56 Å². The lowest BCUT2D eigenvalue weighted by molar-refractivity contribution is -0.122. The van der Waals surface area contributed by atoms with Gasteiger partial charge in [-0.25, -0.2) is 0 Å². The normalized spacial score (nSPS) is 10.8. The molecule has 0 aliphatic carbocycles. The number of benzene rings is 2. The first-order valence-electron chi connectivity index (χ1n) is 10.5. The van der Waals surface area contributed by atoms with Crippen LogP contribution in [-0.4, -0.2) is 36.9 Å². The Morgan fingerprint density at radius 3 is 2.35 bits per heavy atom. The molecule has 0 saturated heterocycles. The first-order valence-corrected chi connectivity index (χ1v) is 10.5. The van der Waals surface area contributed by atoms with Gasteiger partial charge in [-0.05, 0) is 48.2 Å². The average molecular weight is 420 g/mol. The van der Waals surface area contributed by atoms with E-state index in [2.05, 4.69) is 22.8 Å². The summed E-state index contributed by atoms with van der Waals surface area (Å²) in [6.07, 6.45) is 3.47. The van der Waals surface area contributed by atoms with Crippen LogP contribution in [0.1, 0.15) is 33.7 Å². The number of amides is 2. The summed E-state index contributed by atoms with van der Waals surface area (Å²) >= 11 is 0. The van der Waals surface area contributed by atoms with Crippen molar-refractivity contribution in [2.45, 2.75) is 25.9 Å². The Balaban J connectivity index is 1.53. The highest BCUT2D eigenvalue weighted by Crippen LogP contribution is 2.12. The molecule has 1 heterocycles. The highest BCUT2D eigenvalue weighted by atomic mass is 16.3. The summed E-state index contributed by atoms with van der Waals surface area (Å²) < 4.78 is 5.47. The van der Waals surface area contributed by atoms with Crippen molar-refractivity contribution in [2.75, 3.05) is 20.1 Å². The van der Waals surface area contributed by atoms with Crippen LogP contribution in [-0.2, 0) is 24.3 Å². The summed E-state index contributed by atoms with van der Waals surface area (Å²) in [5.41, 5.74) is 2.91. The monoisotopic (exact) mass is 419 g/mol. The van der Waals surface area contributed by atoms with Gasteiger partial charge in [-0.15, -0.1) is 0 Å². The zero-order valence-electron chi connectivity index (χ0n) is 17.8. The predicted octanol–water partition coefficient (Wildman–Crippen LogP) is 3.39. The van der Waals surface area contributed by atoms with E-state index in [0.29, 0.717) is 25.2 Å². The largest absolute Gasteiger partial charge is 0.468 e. The van der Waals surface area contributed by atoms with Crippen molar-refractivity contribution in [3.05, 3.63) is 95.4 Å². The van der Waals surface area contributed by atoms with Crippen LogP contribution in [0.15, 0.2) is 77.4 Å². The maximum absolute atomic E-state index is 12.5. The molecule has 0 radical (unpaired) electrons. The SMILES string of the molecule is CNC(=O)c1ccc(CN(CC(=O)NCCCc2ccccc2)Cc2ccco2)cc1. The van der Waals surface area contributed by atoms with E-state index in [4.69, 9.17) is 4.42 Å². The van der Waals surface area contributed by atoms with Crippen molar-refractivity contribution < 1.29 is 14.0 Å². The Kier molecular flexibility index (Phi) is 8.43. The second-order valence-corrected chi connectivity index (χ2v) is 7.44. The van der Waals surface area contributed by atoms with E-state index in [1.54, 1.807) is 25.4 Å². The fraction of sp³-hybridized carbons (Fsp3) is 0.280. The molecule has 0 saturated carbocycles. The molecule has 3 aromatic rings. The van der Waals surface area contributed by atoms with Crippen LogP contribution >= 0.6 is 0 Å². The third-order valence-electron chi connectivity index (χ3n) is 4.98. The van der Waals surface area contributed by atoms with Crippen LogP contribution in [0.2, 0.25) is 0 Å². The minimum atomic E-state index is -0.117. The van der Waals surface area contributed by atoms with E-state index >= 15 is 0 Å². The van der Waals surface area contributed by atoms with Crippen molar-refractivity contribution >= 4 is 11.8 Å². The third kappa shape index (κ3) is 7.42. The minimum absolute atomic E-state index is 0.0124. The van der Waals surface area contributed by atoms with Gasteiger partial charge in [-0.1, -0.05) is 42.5 Å². The summed E-state index contributed by atoms with van der Waals surface area (Å²) in [6, 6.07) is 21.4. The molecule has 2 aromatic carbocycles. The second-order valence-electron chi connectivity index (χ2n) is 7.44. The van der Waals surface area contributed by atoms with Gasteiger partial charge >= 0.3 is 0 Å². The first-order chi connectivity index (χ1) is 15.1. The summed E-state index contributed by atoms with van der Waals surface area (Å²) in [6.45, 7) is 2.01. The van der Waals surface area contributed by atoms with Gasteiger partial charge in [0.25, 0.3) is 5.91 Å². The maximum atomic E-state index is 12.5. The molecule has 0 bridgehead atoms. The summed E-state index contributed by atoms with van der Waals surface area (Å²) in [5, 5.41) is 5.63. The number of carbonyl (C=O) groups excluding carboxylic acids is 2. The van der Waals surface area contributed by atoms with Gasteiger partial charge in [0.15, 0.2) is 0 Å². The van der Waals surface area contributed by atoms with Gasteiger partial charge < -0.3 is 15.1 Å². The molecule has 0 fully saturated rings. The van der Waals surface area contributed by atoms with Crippen molar-refractivity contribution in [1.29, 1.82) is 0 Å². The molecule has 2 N–H and O–H groups in total. The number of hydrogen-bond acceptors (Lipinski definition) is 4. The number of carbonyl (C=O) groups is 2. The number of nitrogens with zero attached hydrogens (tertiary/aromatic N) is 1. The molecule has 0 spiro atoms. The fourth-order valence-electron chi connectivity index (χ4n) is 3.38. The zero-order chi connectivity index (χ0) is 21.9. The van der Waals surface area contributed by atoms with E-state index in [9.17, 15) is 9.59 Å². The number of nitrogens with one attached hydrogen (secondary N) is 2. The molecule has 31 heavy (non-hydrogen) atoms. The minimum Gasteiger partial charge on any atom is -0.468 e. The Bertz CT molecular complexity index is 938. The molecule has 0 aliphatic heterocycles. The van der Waals surface area contributed by atoms with Gasteiger partial charge in [0, 0.05) is 25.7 Å². The first kappa shape index (κ1) is 22.3. The van der Waals surface area contributed by atoms with Gasteiger partial charge in [-0.2, -0.15) is 0 Å². The lowest BCUT2D eigenvalue weighted by atomic mass is 10.1.